The van der Waals surface area contributed by atoms with Crippen molar-refractivity contribution in [2.75, 3.05) is 7.11 Å². The van der Waals surface area contributed by atoms with Crippen molar-refractivity contribution in [2.24, 2.45) is 0 Å². The molecule has 0 spiro atoms. The number of amides is 1. The van der Waals surface area contributed by atoms with Gasteiger partial charge in [0.1, 0.15) is 0 Å². The van der Waals surface area contributed by atoms with Crippen LogP contribution in [0.1, 0.15) is 26.7 Å². The summed E-state index contributed by atoms with van der Waals surface area (Å²) in [6, 6.07) is -1.00. The number of ether oxygens (including phenoxy) is 1. The average molecular weight is 213 g/mol. The maximum atomic E-state index is 11.3. The third-order valence-electron chi connectivity index (χ3n) is 1.75. The Morgan fingerprint density at radius 3 is 2.47 bits per heavy atom. The monoisotopic (exact) mass is 213 g/mol. The van der Waals surface area contributed by atoms with Gasteiger partial charge in [-0.2, -0.15) is 4.79 Å². The maximum Gasteiger partial charge on any atom is 0.340 e. The van der Waals surface area contributed by atoms with Crippen molar-refractivity contribution in [3.05, 3.63) is 5.53 Å². The van der Waals surface area contributed by atoms with Crippen LogP contribution in [0.3, 0.4) is 0 Å². The van der Waals surface area contributed by atoms with E-state index in [1.807, 2.05) is 6.92 Å². The number of hydrogen-bond donors (Lipinski definition) is 1. The number of methoxy groups -OCH3 is 1. The number of hydrogen-bond acceptors (Lipinski definition) is 3. The molecular weight excluding hydrogens is 198 g/mol. The Bertz CT molecular complexity index is 295. The second-order valence-corrected chi connectivity index (χ2v) is 3.00. The zero-order valence-electron chi connectivity index (χ0n) is 9.11. The van der Waals surface area contributed by atoms with Crippen molar-refractivity contribution in [3.8, 4) is 0 Å². The first-order chi connectivity index (χ1) is 7.06. The summed E-state index contributed by atoms with van der Waals surface area (Å²) in [5, 5.41) is 2.36. The van der Waals surface area contributed by atoms with Crippen molar-refractivity contribution in [1.82, 2.24) is 5.32 Å². The van der Waals surface area contributed by atoms with Gasteiger partial charge >= 0.3 is 11.7 Å². The molecule has 0 radical (unpaired) electrons. The van der Waals surface area contributed by atoms with Gasteiger partial charge in [0.25, 0.3) is 0 Å². The summed E-state index contributed by atoms with van der Waals surface area (Å²) in [5.74, 6) is -1.03. The SMILES string of the molecule is CCCC(=[N+]=[N-])C(NC(C)=O)C(=O)OC. The third kappa shape index (κ3) is 4.37. The third-order valence-corrected chi connectivity index (χ3v) is 1.75. The molecule has 84 valence electrons. The Balaban J connectivity index is 4.82. The van der Waals surface area contributed by atoms with Crippen molar-refractivity contribution in [1.29, 1.82) is 0 Å². The summed E-state index contributed by atoms with van der Waals surface area (Å²) in [5.41, 5.74) is 8.91. The highest BCUT2D eigenvalue weighted by atomic mass is 16.5. The van der Waals surface area contributed by atoms with Gasteiger partial charge in [-0.25, -0.2) is 4.79 Å². The Kier molecular flexibility index (Phi) is 5.97. The first kappa shape index (κ1) is 13.3. The predicted molar refractivity (Wildman–Crippen MR) is 53.2 cm³/mol. The summed E-state index contributed by atoms with van der Waals surface area (Å²) < 4.78 is 4.50. The molecule has 0 saturated heterocycles. The van der Waals surface area contributed by atoms with Crippen LogP contribution in [0.4, 0.5) is 0 Å². The fourth-order valence-corrected chi connectivity index (χ4v) is 1.11. The van der Waals surface area contributed by atoms with Crippen LogP contribution in [0.25, 0.3) is 5.53 Å². The Hall–Kier alpha value is -1.68. The van der Waals surface area contributed by atoms with Crippen LogP contribution >= 0.6 is 0 Å². The van der Waals surface area contributed by atoms with Gasteiger partial charge in [-0.1, -0.05) is 6.92 Å². The molecule has 1 atom stereocenters. The molecule has 15 heavy (non-hydrogen) atoms. The van der Waals surface area contributed by atoms with E-state index in [4.69, 9.17) is 5.53 Å². The average Bonchev–Trinajstić information content (AvgIpc) is 2.21. The molecule has 0 aromatic heterocycles. The van der Waals surface area contributed by atoms with E-state index in [1.165, 1.54) is 14.0 Å². The van der Waals surface area contributed by atoms with Gasteiger partial charge in [-0.05, 0) is 6.42 Å². The van der Waals surface area contributed by atoms with Crippen LogP contribution in [0.15, 0.2) is 0 Å². The van der Waals surface area contributed by atoms with Gasteiger partial charge in [0.15, 0.2) is 0 Å². The molecule has 0 aliphatic rings. The molecule has 0 fully saturated rings. The van der Waals surface area contributed by atoms with Gasteiger partial charge in [0.05, 0.1) is 7.11 Å². The summed E-state index contributed by atoms with van der Waals surface area (Å²) in [6.07, 6.45) is 1.11. The first-order valence-electron chi connectivity index (χ1n) is 4.62. The standard InChI is InChI=1S/C9H15N3O3/c1-4-5-7(12-10)8(9(14)15-3)11-6(2)13/h8H,4-5H2,1-3H3,(H,11,13). The largest absolute Gasteiger partial charge is 0.467 e. The van der Waals surface area contributed by atoms with Crippen molar-refractivity contribution < 1.29 is 19.1 Å². The zero-order valence-corrected chi connectivity index (χ0v) is 9.11. The van der Waals surface area contributed by atoms with Crippen LogP contribution in [0, 0.1) is 0 Å². The molecule has 0 saturated carbocycles. The smallest absolute Gasteiger partial charge is 0.340 e. The normalized spacial score (nSPS) is 11.1. The molecule has 1 unspecified atom stereocenters. The van der Waals surface area contributed by atoms with E-state index in [0.29, 0.717) is 12.8 Å². The van der Waals surface area contributed by atoms with Crippen LogP contribution in [-0.2, 0) is 14.3 Å². The number of carbonyl (C=O) groups excluding carboxylic acids is 2. The van der Waals surface area contributed by atoms with Crippen LogP contribution < -0.4 is 5.32 Å². The van der Waals surface area contributed by atoms with Crippen molar-refractivity contribution >= 4 is 17.6 Å². The topological polar surface area (TPSA) is 91.8 Å². The highest BCUT2D eigenvalue weighted by Crippen LogP contribution is 1.98. The van der Waals surface area contributed by atoms with E-state index < -0.39 is 12.0 Å². The van der Waals surface area contributed by atoms with Gasteiger partial charge in [-0.15, -0.1) is 0 Å². The lowest BCUT2D eigenvalue weighted by atomic mass is 10.1. The van der Waals surface area contributed by atoms with Gasteiger partial charge in [0, 0.05) is 13.3 Å². The van der Waals surface area contributed by atoms with Crippen LogP contribution in [0.5, 0.6) is 0 Å². The Morgan fingerprint density at radius 2 is 2.13 bits per heavy atom. The molecule has 0 bridgehead atoms. The van der Waals surface area contributed by atoms with Crippen LogP contribution in [-0.4, -0.2) is 35.5 Å². The second kappa shape index (κ2) is 6.73. The summed E-state index contributed by atoms with van der Waals surface area (Å²) in [7, 11) is 1.21. The minimum Gasteiger partial charge on any atom is -0.467 e. The van der Waals surface area contributed by atoms with E-state index in [0.717, 1.165) is 0 Å². The molecule has 0 heterocycles. The molecule has 1 N–H and O–H groups in total. The van der Waals surface area contributed by atoms with Gasteiger partial charge in [0.2, 0.25) is 11.9 Å². The number of rotatable bonds is 5. The number of carbonyl (C=O) groups is 2. The predicted octanol–water partition coefficient (Wildman–Crippen LogP) is 0.135. The highest BCUT2D eigenvalue weighted by Gasteiger charge is 2.31. The molecule has 6 nitrogen and oxygen atoms in total. The Morgan fingerprint density at radius 1 is 1.53 bits per heavy atom. The van der Waals surface area contributed by atoms with E-state index in [-0.39, 0.29) is 11.6 Å². The molecule has 0 aromatic rings. The lowest BCUT2D eigenvalue weighted by Gasteiger charge is -2.10. The fraction of sp³-hybridized carbons (Fsp3) is 0.667. The summed E-state index contributed by atoms with van der Waals surface area (Å²) in [6.45, 7) is 3.14. The molecule has 0 aromatic carbocycles. The van der Waals surface area contributed by atoms with E-state index in [2.05, 4.69) is 14.8 Å². The van der Waals surface area contributed by atoms with Crippen LogP contribution in [0.2, 0.25) is 0 Å². The zero-order chi connectivity index (χ0) is 11.8. The highest BCUT2D eigenvalue weighted by molar-refractivity contribution is 6.05. The molecule has 6 heteroatoms. The second-order valence-electron chi connectivity index (χ2n) is 3.00. The Labute approximate surface area is 88.2 Å². The first-order valence-corrected chi connectivity index (χ1v) is 4.62. The van der Waals surface area contributed by atoms with Gasteiger partial charge in [-0.3, -0.25) is 4.79 Å². The lowest BCUT2D eigenvalue weighted by molar-refractivity contribution is -0.144. The fourth-order valence-electron chi connectivity index (χ4n) is 1.11. The van der Waals surface area contributed by atoms with Crippen molar-refractivity contribution in [3.63, 3.8) is 0 Å². The molecule has 0 rings (SSSR count). The quantitative estimate of drug-likeness (QED) is 0.304. The van der Waals surface area contributed by atoms with Gasteiger partial charge < -0.3 is 15.6 Å². The number of nitrogens with one attached hydrogen (secondary N) is 1. The maximum absolute atomic E-state index is 11.3. The number of esters is 1. The molecular formula is C9H15N3O3. The molecule has 0 aliphatic heterocycles. The molecule has 1 amide bonds. The summed E-state index contributed by atoms with van der Waals surface area (Å²) in [4.78, 5) is 25.1. The van der Waals surface area contributed by atoms with Crippen molar-refractivity contribution in [2.45, 2.75) is 32.7 Å². The van der Waals surface area contributed by atoms with E-state index in [9.17, 15) is 9.59 Å². The summed E-state index contributed by atoms with van der Waals surface area (Å²) >= 11 is 0. The minimum absolute atomic E-state index is 0.194. The molecule has 0 aliphatic carbocycles. The lowest BCUT2D eigenvalue weighted by Crippen LogP contribution is -2.46. The van der Waals surface area contributed by atoms with E-state index in [1.54, 1.807) is 0 Å². The minimum atomic E-state index is -1.00. The van der Waals surface area contributed by atoms with E-state index >= 15 is 0 Å². The number of nitrogens with zero attached hydrogens (tertiary/aromatic N) is 2.